The van der Waals surface area contributed by atoms with Crippen LogP contribution in [-0.2, 0) is 9.53 Å². The Hall–Kier alpha value is -0.450. The number of ketones is 1. The molecule has 0 spiro atoms. The summed E-state index contributed by atoms with van der Waals surface area (Å²) < 4.78 is 5.28. The Morgan fingerprint density at radius 1 is 1.22 bits per heavy atom. The molecule has 104 valence electrons. The molecule has 2 aliphatic heterocycles. The van der Waals surface area contributed by atoms with Gasteiger partial charge < -0.3 is 4.74 Å². The molecule has 0 saturated carbocycles. The monoisotopic (exact) mass is 254 g/mol. The summed E-state index contributed by atoms with van der Waals surface area (Å²) in [7, 11) is 0. The van der Waals surface area contributed by atoms with Crippen LogP contribution in [0.4, 0.5) is 0 Å². The van der Waals surface area contributed by atoms with Crippen LogP contribution >= 0.6 is 0 Å². The lowest BCUT2D eigenvalue weighted by Crippen LogP contribution is -2.54. The van der Waals surface area contributed by atoms with Crippen LogP contribution in [0.3, 0.4) is 0 Å². The lowest BCUT2D eigenvalue weighted by atomic mass is 10.0. The van der Waals surface area contributed by atoms with Crippen molar-refractivity contribution in [1.82, 2.24) is 9.80 Å². The van der Waals surface area contributed by atoms with Crippen LogP contribution < -0.4 is 0 Å². The van der Waals surface area contributed by atoms with Crippen molar-refractivity contribution in [3.05, 3.63) is 0 Å². The molecule has 1 unspecified atom stereocenters. The number of hydrogen-bond acceptors (Lipinski definition) is 4. The third-order valence-corrected chi connectivity index (χ3v) is 4.09. The summed E-state index contributed by atoms with van der Waals surface area (Å²) in [5, 5.41) is 0. The van der Waals surface area contributed by atoms with E-state index in [2.05, 4.69) is 30.6 Å². The van der Waals surface area contributed by atoms with E-state index in [1.165, 1.54) is 0 Å². The van der Waals surface area contributed by atoms with Crippen LogP contribution in [0.25, 0.3) is 0 Å². The molecule has 2 aliphatic rings. The molecular formula is C14H26N2O2. The van der Waals surface area contributed by atoms with E-state index in [9.17, 15) is 4.79 Å². The maximum absolute atomic E-state index is 12.1. The van der Waals surface area contributed by atoms with E-state index in [0.717, 1.165) is 39.2 Å². The minimum Gasteiger partial charge on any atom is -0.381 e. The molecule has 4 nitrogen and oxygen atoms in total. The van der Waals surface area contributed by atoms with Crippen molar-refractivity contribution in [2.24, 2.45) is 5.92 Å². The van der Waals surface area contributed by atoms with Crippen LogP contribution in [0.1, 0.15) is 27.2 Å². The summed E-state index contributed by atoms with van der Waals surface area (Å²) in [4.78, 5) is 16.8. The van der Waals surface area contributed by atoms with E-state index >= 15 is 0 Å². The predicted octanol–water partition coefficient (Wildman–Crippen LogP) is 1.01. The van der Waals surface area contributed by atoms with Crippen LogP contribution in [0, 0.1) is 5.92 Å². The molecule has 0 aromatic rings. The first kappa shape index (κ1) is 14.0. The van der Waals surface area contributed by atoms with Gasteiger partial charge in [0.05, 0.1) is 13.2 Å². The quantitative estimate of drug-likeness (QED) is 0.752. The summed E-state index contributed by atoms with van der Waals surface area (Å²) in [5.74, 6) is 0.530. The van der Waals surface area contributed by atoms with Crippen LogP contribution in [-0.4, -0.2) is 67.1 Å². The van der Waals surface area contributed by atoms with Crippen molar-refractivity contribution in [1.29, 1.82) is 0 Å². The van der Waals surface area contributed by atoms with Gasteiger partial charge in [0.25, 0.3) is 0 Å². The lowest BCUT2D eigenvalue weighted by Gasteiger charge is -2.42. The van der Waals surface area contributed by atoms with Crippen LogP contribution in [0.5, 0.6) is 0 Å². The third-order valence-electron chi connectivity index (χ3n) is 4.09. The van der Waals surface area contributed by atoms with Gasteiger partial charge in [-0.2, -0.15) is 0 Å². The zero-order valence-corrected chi connectivity index (χ0v) is 11.9. The summed E-state index contributed by atoms with van der Waals surface area (Å²) in [6.07, 6.45) is 0.917. The molecule has 0 aromatic heterocycles. The Bertz CT molecular complexity index is 285. The number of ether oxygens (including phenoxy) is 1. The minimum absolute atomic E-state index is 0.158. The van der Waals surface area contributed by atoms with Gasteiger partial charge in [0.2, 0.25) is 0 Å². The third kappa shape index (κ3) is 3.53. The molecule has 2 heterocycles. The number of hydrogen-bond donors (Lipinski definition) is 0. The zero-order valence-electron chi connectivity index (χ0n) is 11.9. The van der Waals surface area contributed by atoms with Gasteiger partial charge in [0.15, 0.2) is 5.78 Å². The number of nitrogens with zero attached hydrogens (tertiary/aromatic N) is 2. The van der Waals surface area contributed by atoms with Gasteiger partial charge in [-0.05, 0) is 27.2 Å². The summed E-state index contributed by atoms with van der Waals surface area (Å²) >= 11 is 0. The maximum atomic E-state index is 12.1. The first-order valence-electron chi connectivity index (χ1n) is 7.04. The molecule has 0 aromatic carbocycles. The fraction of sp³-hybridized carbons (Fsp3) is 0.929. The Balaban J connectivity index is 1.75. The Morgan fingerprint density at radius 2 is 1.89 bits per heavy atom. The number of piperazine rings is 1. The van der Waals surface area contributed by atoms with E-state index in [0.29, 0.717) is 18.9 Å². The molecule has 18 heavy (non-hydrogen) atoms. The van der Waals surface area contributed by atoms with Crippen LogP contribution in [0.2, 0.25) is 0 Å². The molecule has 0 aliphatic carbocycles. The molecule has 0 amide bonds. The topological polar surface area (TPSA) is 32.8 Å². The van der Waals surface area contributed by atoms with Crippen molar-refractivity contribution in [3.8, 4) is 0 Å². The normalized spacial score (nSPS) is 27.6. The Kier molecular flexibility index (Phi) is 4.41. The highest BCUT2D eigenvalue weighted by molar-refractivity contribution is 5.83. The standard InChI is InChI=1S/C14H26N2O2/c1-14(2,3)16-7-5-15(6-8-16)10-13(17)12-4-9-18-11-12/h12H,4-11H2,1-3H3. The molecule has 4 heteroatoms. The predicted molar refractivity (Wildman–Crippen MR) is 71.7 cm³/mol. The fourth-order valence-electron chi connectivity index (χ4n) is 2.71. The molecule has 0 N–H and O–H groups in total. The second kappa shape index (κ2) is 5.68. The highest BCUT2D eigenvalue weighted by atomic mass is 16.5. The van der Waals surface area contributed by atoms with Gasteiger partial charge in [-0.3, -0.25) is 14.6 Å². The summed E-state index contributed by atoms with van der Waals surface area (Å²) in [5.41, 5.74) is 0.245. The molecule has 0 radical (unpaired) electrons. The molecule has 2 fully saturated rings. The maximum Gasteiger partial charge on any atom is 0.152 e. The van der Waals surface area contributed by atoms with Gasteiger partial charge in [0.1, 0.15) is 0 Å². The van der Waals surface area contributed by atoms with Crippen LogP contribution in [0.15, 0.2) is 0 Å². The largest absolute Gasteiger partial charge is 0.381 e. The molecule has 0 bridgehead atoms. The SMILES string of the molecule is CC(C)(C)N1CCN(CC(=O)C2CCOC2)CC1. The molecule has 2 rings (SSSR count). The van der Waals surface area contributed by atoms with E-state index in [1.54, 1.807) is 0 Å². The van der Waals surface area contributed by atoms with E-state index in [4.69, 9.17) is 4.74 Å². The Labute approximate surface area is 110 Å². The van der Waals surface area contributed by atoms with Crippen molar-refractivity contribution in [2.75, 3.05) is 45.9 Å². The first-order valence-corrected chi connectivity index (χ1v) is 7.04. The fourth-order valence-corrected chi connectivity index (χ4v) is 2.71. The minimum atomic E-state index is 0.158. The first-order chi connectivity index (χ1) is 8.47. The van der Waals surface area contributed by atoms with Gasteiger partial charge in [-0.15, -0.1) is 0 Å². The average molecular weight is 254 g/mol. The van der Waals surface area contributed by atoms with Gasteiger partial charge >= 0.3 is 0 Å². The number of carbonyl (C=O) groups is 1. The van der Waals surface area contributed by atoms with E-state index in [-0.39, 0.29) is 11.5 Å². The average Bonchev–Trinajstić information content (AvgIpc) is 2.82. The van der Waals surface area contributed by atoms with Crippen molar-refractivity contribution < 1.29 is 9.53 Å². The number of rotatable bonds is 3. The van der Waals surface area contributed by atoms with Crippen molar-refractivity contribution >= 4 is 5.78 Å². The number of carbonyl (C=O) groups excluding carboxylic acids is 1. The number of Topliss-reactive ketones (excluding diaryl/α,β-unsaturated/α-hetero) is 1. The second-order valence-electron chi connectivity index (χ2n) is 6.46. The molecular weight excluding hydrogens is 228 g/mol. The summed E-state index contributed by atoms with van der Waals surface area (Å²) in [6, 6.07) is 0. The smallest absolute Gasteiger partial charge is 0.152 e. The molecule has 1 atom stereocenters. The molecule has 2 saturated heterocycles. The highest BCUT2D eigenvalue weighted by Gasteiger charge is 2.29. The van der Waals surface area contributed by atoms with Crippen molar-refractivity contribution in [3.63, 3.8) is 0 Å². The van der Waals surface area contributed by atoms with E-state index in [1.807, 2.05) is 0 Å². The lowest BCUT2D eigenvalue weighted by molar-refractivity contribution is -0.124. The van der Waals surface area contributed by atoms with Gasteiger partial charge in [-0.1, -0.05) is 0 Å². The van der Waals surface area contributed by atoms with Gasteiger partial charge in [0, 0.05) is 44.2 Å². The Morgan fingerprint density at radius 3 is 2.39 bits per heavy atom. The zero-order chi connectivity index (χ0) is 13.2. The highest BCUT2D eigenvalue weighted by Crippen LogP contribution is 2.17. The second-order valence-corrected chi connectivity index (χ2v) is 6.46. The van der Waals surface area contributed by atoms with E-state index < -0.39 is 0 Å². The van der Waals surface area contributed by atoms with Crippen molar-refractivity contribution in [2.45, 2.75) is 32.7 Å². The van der Waals surface area contributed by atoms with Gasteiger partial charge in [-0.25, -0.2) is 0 Å². The summed E-state index contributed by atoms with van der Waals surface area (Å²) in [6.45, 7) is 12.9.